The topological polar surface area (TPSA) is 32.7 Å². The second-order valence-corrected chi connectivity index (χ2v) is 4.40. The Balaban J connectivity index is 2.10. The molecule has 0 aromatic heterocycles. The molecule has 1 aliphatic rings. The van der Waals surface area contributed by atoms with E-state index >= 15 is 0 Å². The van der Waals surface area contributed by atoms with Gasteiger partial charge in [-0.2, -0.15) is 0 Å². The molecule has 0 spiro atoms. The number of ether oxygens (including phenoxy) is 1. The molecule has 4 heteroatoms. The lowest BCUT2D eigenvalue weighted by molar-refractivity contribution is 0.0819. The van der Waals surface area contributed by atoms with Gasteiger partial charge < -0.3 is 14.7 Å². The Morgan fingerprint density at radius 3 is 2.65 bits per heavy atom. The molecule has 1 fully saturated rings. The predicted octanol–water partition coefficient (Wildman–Crippen LogP) is 1.93. The van der Waals surface area contributed by atoms with Crippen LogP contribution in [0.4, 0.5) is 10.1 Å². The first-order chi connectivity index (χ1) is 8.22. The third-order valence-electron chi connectivity index (χ3n) is 3.27. The number of hydrogen-bond acceptors (Lipinski definition) is 3. The van der Waals surface area contributed by atoms with Crippen LogP contribution in [0.5, 0.6) is 0 Å². The molecule has 1 aromatic carbocycles. The van der Waals surface area contributed by atoms with Crippen LogP contribution in [0, 0.1) is 5.82 Å². The minimum atomic E-state index is -0.291. The summed E-state index contributed by atoms with van der Waals surface area (Å²) in [5.41, 5.74) is 1.47. The van der Waals surface area contributed by atoms with E-state index in [-0.39, 0.29) is 12.4 Å². The molecule has 1 heterocycles. The van der Waals surface area contributed by atoms with Crippen LogP contribution in [0.1, 0.15) is 18.4 Å². The number of rotatable bonds is 3. The van der Waals surface area contributed by atoms with E-state index in [0.29, 0.717) is 11.7 Å². The summed E-state index contributed by atoms with van der Waals surface area (Å²) in [6, 6.07) is 4.73. The number of methoxy groups -OCH3 is 1. The maximum atomic E-state index is 13.4. The van der Waals surface area contributed by atoms with Crippen LogP contribution in [-0.2, 0) is 11.3 Å². The molecule has 0 unspecified atom stereocenters. The molecule has 17 heavy (non-hydrogen) atoms. The van der Waals surface area contributed by atoms with E-state index in [1.54, 1.807) is 7.11 Å². The number of anilines is 1. The highest BCUT2D eigenvalue weighted by Gasteiger charge is 2.19. The zero-order valence-corrected chi connectivity index (χ0v) is 10.0. The van der Waals surface area contributed by atoms with E-state index in [4.69, 9.17) is 9.84 Å². The Kier molecular flexibility index (Phi) is 3.97. The summed E-state index contributed by atoms with van der Waals surface area (Å²) in [7, 11) is 1.73. The molecule has 3 nitrogen and oxygen atoms in total. The van der Waals surface area contributed by atoms with Gasteiger partial charge in [0.1, 0.15) is 5.82 Å². The predicted molar refractivity (Wildman–Crippen MR) is 64.6 cm³/mol. The van der Waals surface area contributed by atoms with Crippen molar-refractivity contribution in [3.05, 3.63) is 29.6 Å². The number of aliphatic hydroxyl groups is 1. The number of halogens is 1. The first kappa shape index (κ1) is 12.3. The second kappa shape index (κ2) is 5.47. The summed E-state index contributed by atoms with van der Waals surface area (Å²) in [5.74, 6) is -0.291. The van der Waals surface area contributed by atoms with Crippen molar-refractivity contribution < 1.29 is 14.2 Å². The molecule has 94 valence electrons. The summed E-state index contributed by atoms with van der Waals surface area (Å²) in [6.45, 7) is 1.61. The lowest BCUT2D eigenvalue weighted by Crippen LogP contribution is -2.36. The van der Waals surface area contributed by atoms with Crippen molar-refractivity contribution in [3.8, 4) is 0 Å². The lowest BCUT2D eigenvalue weighted by atomic mass is 10.1. The summed E-state index contributed by atoms with van der Waals surface area (Å²) < 4.78 is 18.7. The van der Waals surface area contributed by atoms with E-state index in [0.717, 1.165) is 31.6 Å². The highest BCUT2D eigenvalue weighted by molar-refractivity contribution is 5.49. The Bertz CT molecular complexity index is 376. The normalized spacial score (nSPS) is 17.5. The van der Waals surface area contributed by atoms with Crippen LogP contribution in [0.15, 0.2) is 18.2 Å². The molecule has 2 rings (SSSR count). The summed E-state index contributed by atoms with van der Waals surface area (Å²) in [4.78, 5) is 2.14. The number of hydrogen-bond donors (Lipinski definition) is 1. The largest absolute Gasteiger partial charge is 0.392 e. The molecular weight excluding hydrogens is 221 g/mol. The van der Waals surface area contributed by atoms with E-state index in [1.165, 1.54) is 12.1 Å². The third-order valence-corrected chi connectivity index (χ3v) is 3.27. The van der Waals surface area contributed by atoms with Gasteiger partial charge in [-0.3, -0.25) is 0 Å². The standard InChI is InChI=1S/C13H18FNO2/c1-17-13-2-4-15(5-3-13)12-7-10(9-16)6-11(14)8-12/h6-8,13,16H,2-5,9H2,1H3. The highest BCUT2D eigenvalue weighted by atomic mass is 19.1. The number of piperidine rings is 1. The van der Waals surface area contributed by atoms with Gasteiger partial charge in [-0.05, 0) is 36.6 Å². The van der Waals surface area contributed by atoms with E-state index in [2.05, 4.69) is 4.90 Å². The molecule has 0 amide bonds. The Morgan fingerprint density at radius 2 is 2.06 bits per heavy atom. The minimum Gasteiger partial charge on any atom is -0.392 e. The molecule has 0 aliphatic carbocycles. The number of nitrogens with zero attached hydrogens (tertiary/aromatic N) is 1. The zero-order chi connectivity index (χ0) is 12.3. The van der Waals surface area contributed by atoms with Crippen LogP contribution in [0.2, 0.25) is 0 Å². The van der Waals surface area contributed by atoms with Crippen molar-refractivity contribution in [2.45, 2.75) is 25.6 Å². The molecule has 0 radical (unpaired) electrons. The fourth-order valence-electron chi connectivity index (χ4n) is 2.26. The van der Waals surface area contributed by atoms with Crippen molar-refractivity contribution >= 4 is 5.69 Å². The van der Waals surface area contributed by atoms with Gasteiger partial charge in [0.05, 0.1) is 12.7 Å². The number of aliphatic hydroxyl groups excluding tert-OH is 1. The fraction of sp³-hybridized carbons (Fsp3) is 0.538. The Hall–Kier alpha value is -1.13. The second-order valence-electron chi connectivity index (χ2n) is 4.40. The molecule has 0 atom stereocenters. The average molecular weight is 239 g/mol. The van der Waals surface area contributed by atoms with Crippen molar-refractivity contribution in [1.82, 2.24) is 0 Å². The zero-order valence-electron chi connectivity index (χ0n) is 10.0. The van der Waals surface area contributed by atoms with Crippen molar-refractivity contribution in [3.63, 3.8) is 0 Å². The van der Waals surface area contributed by atoms with Gasteiger partial charge in [0.2, 0.25) is 0 Å². The van der Waals surface area contributed by atoms with Gasteiger partial charge >= 0.3 is 0 Å². The first-order valence-corrected chi connectivity index (χ1v) is 5.91. The van der Waals surface area contributed by atoms with Crippen molar-refractivity contribution in [2.24, 2.45) is 0 Å². The molecule has 1 aliphatic heterocycles. The lowest BCUT2D eigenvalue weighted by Gasteiger charge is -2.33. The van der Waals surface area contributed by atoms with Crippen LogP contribution in [-0.4, -0.2) is 31.4 Å². The van der Waals surface area contributed by atoms with Crippen LogP contribution in [0.25, 0.3) is 0 Å². The highest BCUT2D eigenvalue weighted by Crippen LogP contribution is 2.23. The Morgan fingerprint density at radius 1 is 1.35 bits per heavy atom. The summed E-state index contributed by atoms with van der Waals surface area (Å²) >= 11 is 0. The van der Waals surface area contributed by atoms with E-state index in [9.17, 15) is 4.39 Å². The average Bonchev–Trinajstić information content (AvgIpc) is 2.38. The van der Waals surface area contributed by atoms with E-state index in [1.807, 2.05) is 6.07 Å². The van der Waals surface area contributed by atoms with Crippen molar-refractivity contribution in [2.75, 3.05) is 25.1 Å². The van der Waals surface area contributed by atoms with Gasteiger partial charge in [-0.1, -0.05) is 0 Å². The quantitative estimate of drug-likeness (QED) is 0.875. The van der Waals surface area contributed by atoms with Gasteiger partial charge in [-0.25, -0.2) is 4.39 Å². The van der Waals surface area contributed by atoms with Crippen LogP contribution in [0.3, 0.4) is 0 Å². The smallest absolute Gasteiger partial charge is 0.125 e. The van der Waals surface area contributed by atoms with Crippen molar-refractivity contribution in [1.29, 1.82) is 0 Å². The molecular formula is C13H18FNO2. The van der Waals surface area contributed by atoms with Gasteiger partial charge in [-0.15, -0.1) is 0 Å². The third kappa shape index (κ3) is 2.96. The Labute approximate surface area is 101 Å². The molecule has 0 bridgehead atoms. The SMILES string of the molecule is COC1CCN(c2cc(F)cc(CO)c2)CC1. The monoisotopic (exact) mass is 239 g/mol. The maximum absolute atomic E-state index is 13.4. The maximum Gasteiger partial charge on any atom is 0.125 e. The summed E-state index contributed by atoms with van der Waals surface area (Å²) in [5, 5.41) is 9.06. The molecule has 1 N–H and O–H groups in total. The first-order valence-electron chi connectivity index (χ1n) is 5.91. The van der Waals surface area contributed by atoms with Gasteiger partial charge in [0.15, 0.2) is 0 Å². The van der Waals surface area contributed by atoms with Gasteiger partial charge in [0, 0.05) is 25.9 Å². The summed E-state index contributed by atoms with van der Waals surface area (Å²) in [6.07, 6.45) is 2.24. The van der Waals surface area contributed by atoms with Gasteiger partial charge in [0.25, 0.3) is 0 Å². The van der Waals surface area contributed by atoms with Crippen LogP contribution < -0.4 is 4.90 Å². The molecule has 0 saturated carbocycles. The minimum absolute atomic E-state index is 0.126. The number of benzene rings is 1. The molecule has 1 aromatic rings. The molecule has 1 saturated heterocycles. The van der Waals surface area contributed by atoms with Crippen LogP contribution >= 0.6 is 0 Å². The fourth-order valence-corrected chi connectivity index (χ4v) is 2.26. The van der Waals surface area contributed by atoms with E-state index < -0.39 is 0 Å².